The minimum Gasteiger partial charge on any atom is -0.492 e. The van der Waals surface area contributed by atoms with Crippen LogP contribution in [-0.2, 0) is 6.54 Å². The quantitative estimate of drug-likeness (QED) is 0.869. The molecule has 5 heteroatoms. The average molecular weight is 298 g/mol. The molecule has 0 aliphatic carbocycles. The van der Waals surface area contributed by atoms with Crippen molar-refractivity contribution in [3.63, 3.8) is 0 Å². The first-order chi connectivity index (χ1) is 9.58. The Morgan fingerprint density at radius 3 is 2.45 bits per heavy atom. The van der Waals surface area contributed by atoms with Gasteiger partial charge in [0, 0.05) is 17.6 Å². The molecule has 0 aromatic heterocycles. The summed E-state index contributed by atoms with van der Waals surface area (Å²) in [6.07, 6.45) is 0. The second-order valence-corrected chi connectivity index (χ2v) is 4.64. The van der Waals surface area contributed by atoms with Crippen LogP contribution >= 0.6 is 11.6 Å². The van der Waals surface area contributed by atoms with E-state index < -0.39 is 11.6 Å². The highest BCUT2D eigenvalue weighted by Crippen LogP contribution is 2.28. The fraction of sp³-hybridized carbons (Fsp3) is 0.200. The SMILES string of the molecule is CCOc1ccc(Cl)cc1NCc1cc(F)cc(F)c1. The highest BCUT2D eigenvalue weighted by atomic mass is 35.5. The van der Waals surface area contributed by atoms with E-state index in [0.717, 1.165) is 6.07 Å². The van der Waals surface area contributed by atoms with E-state index in [-0.39, 0.29) is 6.54 Å². The van der Waals surface area contributed by atoms with E-state index in [1.807, 2.05) is 6.92 Å². The summed E-state index contributed by atoms with van der Waals surface area (Å²) in [7, 11) is 0. The predicted molar refractivity (Wildman–Crippen MR) is 76.3 cm³/mol. The summed E-state index contributed by atoms with van der Waals surface area (Å²) >= 11 is 5.93. The van der Waals surface area contributed by atoms with Gasteiger partial charge in [0.05, 0.1) is 12.3 Å². The lowest BCUT2D eigenvalue weighted by Crippen LogP contribution is -2.03. The Balaban J connectivity index is 2.15. The number of ether oxygens (including phenoxy) is 1. The molecule has 2 aromatic rings. The van der Waals surface area contributed by atoms with E-state index in [2.05, 4.69) is 5.32 Å². The minimum atomic E-state index is -0.599. The number of nitrogens with one attached hydrogen (secondary N) is 1. The number of hydrogen-bond donors (Lipinski definition) is 1. The van der Waals surface area contributed by atoms with E-state index in [1.54, 1.807) is 18.2 Å². The van der Waals surface area contributed by atoms with Gasteiger partial charge in [-0.05, 0) is 42.8 Å². The molecule has 0 radical (unpaired) electrons. The number of anilines is 1. The van der Waals surface area contributed by atoms with Crippen molar-refractivity contribution in [2.45, 2.75) is 13.5 Å². The molecule has 0 aliphatic heterocycles. The minimum absolute atomic E-state index is 0.273. The summed E-state index contributed by atoms with van der Waals surface area (Å²) in [4.78, 5) is 0. The summed E-state index contributed by atoms with van der Waals surface area (Å²) in [6, 6.07) is 8.58. The molecule has 0 fully saturated rings. The van der Waals surface area contributed by atoms with Crippen LogP contribution < -0.4 is 10.1 Å². The largest absolute Gasteiger partial charge is 0.492 e. The number of rotatable bonds is 5. The first-order valence-corrected chi connectivity index (χ1v) is 6.57. The molecule has 0 atom stereocenters. The van der Waals surface area contributed by atoms with Crippen LogP contribution in [0.3, 0.4) is 0 Å². The Morgan fingerprint density at radius 1 is 1.10 bits per heavy atom. The summed E-state index contributed by atoms with van der Waals surface area (Å²) in [5, 5.41) is 3.62. The molecule has 0 saturated carbocycles. The molecule has 2 aromatic carbocycles. The van der Waals surface area contributed by atoms with Crippen molar-refractivity contribution >= 4 is 17.3 Å². The van der Waals surface area contributed by atoms with Crippen molar-refractivity contribution < 1.29 is 13.5 Å². The molecule has 20 heavy (non-hydrogen) atoms. The first kappa shape index (κ1) is 14.6. The Hall–Kier alpha value is -1.81. The molecule has 1 N–H and O–H groups in total. The predicted octanol–water partition coefficient (Wildman–Crippen LogP) is 4.63. The van der Waals surface area contributed by atoms with Crippen molar-refractivity contribution in [1.82, 2.24) is 0 Å². The van der Waals surface area contributed by atoms with E-state index in [1.165, 1.54) is 12.1 Å². The lowest BCUT2D eigenvalue weighted by atomic mass is 10.2. The van der Waals surface area contributed by atoms with Gasteiger partial charge < -0.3 is 10.1 Å². The van der Waals surface area contributed by atoms with Gasteiger partial charge in [-0.15, -0.1) is 0 Å². The van der Waals surface area contributed by atoms with Gasteiger partial charge in [0.25, 0.3) is 0 Å². The normalized spacial score (nSPS) is 10.4. The highest BCUT2D eigenvalue weighted by molar-refractivity contribution is 6.30. The third-order valence-electron chi connectivity index (χ3n) is 2.65. The molecule has 0 spiro atoms. The molecule has 106 valence electrons. The fourth-order valence-electron chi connectivity index (χ4n) is 1.83. The van der Waals surface area contributed by atoms with Crippen molar-refractivity contribution in [1.29, 1.82) is 0 Å². The molecular weight excluding hydrogens is 284 g/mol. The van der Waals surface area contributed by atoms with Crippen molar-refractivity contribution in [3.8, 4) is 5.75 Å². The lowest BCUT2D eigenvalue weighted by Gasteiger charge is -2.13. The molecule has 0 amide bonds. The Kier molecular flexibility index (Phi) is 4.79. The summed E-state index contributed by atoms with van der Waals surface area (Å²) in [5.41, 5.74) is 1.19. The van der Waals surface area contributed by atoms with Crippen molar-refractivity contribution in [2.75, 3.05) is 11.9 Å². The number of benzene rings is 2. The van der Waals surface area contributed by atoms with Crippen LogP contribution in [0.4, 0.5) is 14.5 Å². The molecule has 0 saturated heterocycles. The second kappa shape index (κ2) is 6.57. The summed E-state index contributed by atoms with van der Waals surface area (Å²) < 4.78 is 31.7. The number of hydrogen-bond acceptors (Lipinski definition) is 2. The van der Waals surface area contributed by atoms with Gasteiger partial charge in [0.15, 0.2) is 0 Å². The molecule has 0 unspecified atom stereocenters. The fourth-order valence-corrected chi connectivity index (χ4v) is 2.00. The number of halogens is 3. The van der Waals surface area contributed by atoms with Gasteiger partial charge in [-0.1, -0.05) is 11.6 Å². The smallest absolute Gasteiger partial charge is 0.142 e. The van der Waals surface area contributed by atoms with Gasteiger partial charge in [-0.2, -0.15) is 0 Å². The molecule has 2 rings (SSSR count). The summed E-state index contributed by atoms with van der Waals surface area (Å²) in [5.74, 6) is -0.551. The summed E-state index contributed by atoms with van der Waals surface area (Å²) in [6.45, 7) is 2.67. The third kappa shape index (κ3) is 3.84. The van der Waals surface area contributed by atoms with Gasteiger partial charge in [-0.3, -0.25) is 0 Å². The van der Waals surface area contributed by atoms with Gasteiger partial charge >= 0.3 is 0 Å². The van der Waals surface area contributed by atoms with Crippen LogP contribution in [0, 0.1) is 11.6 Å². The second-order valence-electron chi connectivity index (χ2n) is 4.20. The van der Waals surface area contributed by atoms with Crippen LogP contribution in [0.25, 0.3) is 0 Å². The van der Waals surface area contributed by atoms with Crippen molar-refractivity contribution in [3.05, 3.63) is 58.6 Å². The maximum atomic E-state index is 13.1. The van der Waals surface area contributed by atoms with E-state index in [0.29, 0.717) is 28.6 Å². The van der Waals surface area contributed by atoms with E-state index in [9.17, 15) is 8.78 Å². The van der Waals surface area contributed by atoms with E-state index >= 15 is 0 Å². The highest BCUT2D eigenvalue weighted by Gasteiger charge is 2.06. The Labute approximate surface area is 121 Å². The maximum Gasteiger partial charge on any atom is 0.142 e. The molecule has 0 aliphatic rings. The van der Waals surface area contributed by atoms with Gasteiger partial charge in [0.2, 0.25) is 0 Å². The monoisotopic (exact) mass is 297 g/mol. The van der Waals surface area contributed by atoms with Gasteiger partial charge in [-0.25, -0.2) is 8.78 Å². The average Bonchev–Trinajstić information content (AvgIpc) is 2.38. The Bertz CT molecular complexity index is 584. The van der Waals surface area contributed by atoms with Crippen LogP contribution in [0.1, 0.15) is 12.5 Å². The van der Waals surface area contributed by atoms with Crippen LogP contribution in [0.5, 0.6) is 5.75 Å². The topological polar surface area (TPSA) is 21.3 Å². The Morgan fingerprint density at radius 2 is 1.80 bits per heavy atom. The van der Waals surface area contributed by atoms with Gasteiger partial charge in [0.1, 0.15) is 17.4 Å². The molecular formula is C15H14ClF2NO. The molecule has 0 bridgehead atoms. The van der Waals surface area contributed by atoms with Crippen LogP contribution in [-0.4, -0.2) is 6.61 Å². The zero-order valence-corrected chi connectivity index (χ0v) is 11.7. The lowest BCUT2D eigenvalue weighted by molar-refractivity contribution is 0.341. The van der Waals surface area contributed by atoms with Crippen molar-refractivity contribution in [2.24, 2.45) is 0 Å². The standard InChI is InChI=1S/C15H14ClF2NO/c1-2-20-15-4-3-11(16)7-14(15)19-9-10-5-12(17)8-13(18)6-10/h3-8,19H,2,9H2,1H3. The molecule has 0 heterocycles. The van der Waals surface area contributed by atoms with Crippen LogP contribution in [0.15, 0.2) is 36.4 Å². The first-order valence-electron chi connectivity index (χ1n) is 6.19. The third-order valence-corrected chi connectivity index (χ3v) is 2.88. The zero-order valence-electron chi connectivity index (χ0n) is 10.9. The molecule has 2 nitrogen and oxygen atoms in total. The maximum absolute atomic E-state index is 13.1. The van der Waals surface area contributed by atoms with Crippen LogP contribution in [0.2, 0.25) is 5.02 Å². The zero-order chi connectivity index (χ0) is 14.5. The van der Waals surface area contributed by atoms with E-state index in [4.69, 9.17) is 16.3 Å².